The van der Waals surface area contributed by atoms with E-state index in [1.165, 1.54) is 0 Å². The van der Waals surface area contributed by atoms with Gasteiger partial charge in [0.1, 0.15) is 0 Å². The van der Waals surface area contributed by atoms with E-state index in [9.17, 15) is 26.7 Å². The van der Waals surface area contributed by atoms with Crippen molar-refractivity contribution in [2.24, 2.45) is 5.92 Å². The lowest BCUT2D eigenvalue weighted by Crippen LogP contribution is -2.53. The van der Waals surface area contributed by atoms with Crippen LogP contribution in [0.5, 0.6) is 0 Å². The molecule has 2 atom stereocenters. The molecule has 0 aromatic carbocycles. The average Bonchev–Trinajstić information content (AvgIpc) is 2.36. The Morgan fingerprint density at radius 1 is 1.35 bits per heavy atom. The Kier molecular flexibility index (Phi) is 6.12. The molecule has 0 aliphatic carbocycles. The maximum atomic E-state index is 12.5. The van der Waals surface area contributed by atoms with Crippen molar-refractivity contribution in [1.29, 1.82) is 0 Å². The lowest BCUT2D eigenvalue weighted by molar-refractivity contribution is -0.180. The van der Waals surface area contributed by atoms with E-state index in [1.54, 1.807) is 0 Å². The summed E-state index contributed by atoms with van der Waals surface area (Å²) in [6, 6.07) is -0.904. The van der Waals surface area contributed by atoms with Gasteiger partial charge in [-0.3, -0.25) is 4.79 Å². The number of nitrogens with one attached hydrogen (secondary N) is 1. The van der Waals surface area contributed by atoms with Gasteiger partial charge in [0.15, 0.2) is 0 Å². The topological polar surface area (TPSA) is 52.6 Å². The standard InChI is InChI=1S/C11H17F5N2O2/c12-9(13)6-18(3-4-19)10(20)8-2-1-7(5-17-8)11(14,15)16/h7-9,17,19H,1-6H2. The molecule has 1 rings (SSSR count). The molecule has 2 N–H and O–H groups in total. The highest BCUT2D eigenvalue weighted by Gasteiger charge is 2.43. The molecule has 4 nitrogen and oxygen atoms in total. The number of carbonyl (C=O) groups is 1. The minimum absolute atomic E-state index is 0.0613. The Balaban J connectivity index is 2.55. The van der Waals surface area contributed by atoms with Crippen molar-refractivity contribution in [3.05, 3.63) is 0 Å². The smallest absolute Gasteiger partial charge is 0.393 e. The van der Waals surface area contributed by atoms with Crippen molar-refractivity contribution in [2.75, 3.05) is 26.2 Å². The lowest BCUT2D eigenvalue weighted by atomic mass is 9.93. The highest BCUT2D eigenvalue weighted by molar-refractivity contribution is 5.82. The number of amides is 1. The lowest BCUT2D eigenvalue weighted by Gasteiger charge is -2.33. The van der Waals surface area contributed by atoms with E-state index >= 15 is 0 Å². The summed E-state index contributed by atoms with van der Waals surface area (Å²) < 4.78 is 62.0. The van der Waals surface area contributed by atoms with Crippen LogP contribution in [0, 0.1) is 5.92 Å². The van der Waals surface area contributed by atoms with E-state index in [0.29, 0.717) is 0 Å². The van der Waals surface area contributed by atoms with Gasteiger partial charge in [0.2, 0.25) is 5.91 Å². The molecule has 0 aromatic rings. The largest absolute Gasteiger partial charge is 0.395 e. The summed E-state index contributed by atoms with van der Waals surface area (Å²) in [5.74, 6) is -2.21. The summed E-state index contributed by atoms with van der Waals surface area (Å²) in [7, 11) is 0. The van der Waals surface area contributed by atoms with Crippen molar-refractivity contribution >= 4 is 5.91 Å². The van der Waals surface area contributed by atoms with E-state index in [0.717, 1.165) is 4.90 Å². The molecule has 0 saturated carbocycles. The van der Waals surface area contributed by atoms with E-state index in [2.05, 4.69) is 5.32 Å². The molecule has 0 aromatic heterocycles. The molecule has 0 bridgehead atoms. The van der Waals surface area contributed by atoms with Crippen LogP contribution in [0.15, 0.2) is 0 Å². The molecule has 0 spiro atoms. The highest BCUT2D eigenvalue weighted by Crippen LogP contribution is 2.32. The minimum Gasteiger partial charge on any atom is -0.395 e. The Labute approximate surface area is 112 Å². The summed E-state index contributed by atoms with van der Waals surface area (Å²) in [6.45, 7) is -1.97. The Morgan fingerprint density at radius 3 is 2.40 bits per heavy atom. The quantitative estimate of drug-likeness (QED) is 0.745. The molecular weight excluding hydrogens is 287 g/mol. The van der Waals surface area contributed by atoms with Crippen LogP contribution in [-0.2, 0) is 4.79 Å². The molecule has 9 heteroatoms. The molecule has 1 aliphatic rings. The first-order valence-corrected chi connectivity index (χ1v) is 6.23. The van der Waals surface area contributed by atoms with Gasteiger partial charge in [-0.15, -0.1) is 0 Å². The third kappa shape index (κ3) is 4.86. The number of hydrogen-bond acceptors (Lipinski definition) is 3. The zero-order valence-electron chi connectivity index (χ0n) is 10.7. The molecule has 1 fully saturated rings. The van der Waals surface area contributed by atoms with Crippen molar-refractivity contribution in [3.63, 3.8) is 0 Å². The van der Waals surface area contributed by atoms with Crippen molar-refractivity contribution in [1.82, 2.24) is 10.2 Å². The highest BCUT2D eigenvalue weighted by atomic mass is 19.4. The first-order valence-electron chi connectivity index (χ1n) is 6.23. The van der Waals surface area contributed by atoms with E-state index < -0.39 is 50.2 Å². The number of hydrogen-bond donors (Lipinski definition) is 2. The molecule has 1 saturated heterocycles. The fourth-order valence-corrected chi connectivity index (χ4v) is 2.15. The summed E-state index contributed by atoms with van der Waals surface area (Å²) in [4.78, 5) is 12.7. The van der Waals surface area contributed by atoms with Crippen LogP contribution in [0.4, 0.5) is 22.0 Å². The van der Waals surface area contributed by atoms with Crippen molar-refractivity contribution in [2.45, 2.75) is 31.5 Å². The minimum atomic E-state index is -4.32. The summed E-state index contributed by atoms with van der Waals surface area (Å²) in [5.41, 5.74) is 0. The number of alkyl halides is 5. The van der Waals surface area contributed by atoms with Gasteiger partial charge in [0.25, 0.3) is 6.43 Å². The Bertz CT molecular complexity index is 316. The summed E-state index contributed by atoms with van der Waals surface area (Å²) in [6.07, 6.45) is -7.35. The molecule has 118 valence electrons. The van der Waals surface area contributed by atoms with E-state index in [1.807, 2.05) is 0 Å². The number of halogens is 5. The average molecular weight is 304 g/mol. The molecule has 1 amide bonds. The van der Waals surface area contributed by atoms with Gasteiger partial charge < -0.3 is 15.3 Å². The fraction of sp³-hybridized carbons (Fsp3) is 0.909. The zero-order valence-corrected chi connectivity index (χ0v) is 10.7. The Morgan fingerprint density at radius 2 is 2.00 bits per heavy atom. The van der Waals surface area contributed by atoms with Crippen molar-refractivity contribution < 1.29 is 31.9 Å². The second-order valence-electron chi connectivity index (χ2n) is 4.68. The van der Waals surface area contributed by atoms with Gasteiger partial charge in [-0.2, -0.15) is 13.2 Å². The van der Waals surface area contributed by atoms with Crippen LogP contribution in [0.1, 0.15) is 12.8 Å². The summed E-state index contributed by atoms with van der Waals surface area (Å²) in [5, 5.41) is 11.2. The molecule has 0 radical (unpaired) electrons. The van der Waals surface area contributed by atoms with Gasteiger partial charge in [0.05, 0.1) is 25.1 Å². The molecule has 20 heavy (non-hydrogen) atoms. The van der Waals surface area contributed by atoms with Crippen LogP contribution >= 0.6 is 0 Å². The fourth-order valence-electron chi connectivity index (χ4n) is 2.15. The first kappa shape index (κ1) is 17.1. The van der Waals surface area contributed by atoms with Crippen LogP contribution in [0.2, 0.25) is 0 Å². The maximum Gasteiger partial charge on any atom is 0.393 e. The number of nitrogens with zero attached hydrogens (tertiary/aromatic N) is 1. The molecule has 1 aliphatic heterocycles. The predicted octanol–water partition coefficient (Wildman–Crippen LogP) is 1.00. The number of aliphatic hydroxyl groups excluding tert-OH is 1. The second-order valence-corrected chi connectivity index (χ2v) is 4.68. The number of piperidine rings is 1. The first-order chi connectivity index (χ1) is 9.25. The maximum absolute atomic E-state index is 12.5. The normalized spacial score (nSPS) is 23.9. The van der Waals surface area contributed by atoms with Crippen LogP contribution in [-0.4, -0.2) is 60.8 Å². The van der Waals surface area contributed by atoms with Crippen LogP contribution in [0.3, 0.4) is 0 Å². The van der Waals surface area contributed by atoms with E-state index in [4.69, 9.17) is 5.11 Å². The molecule has 2 unspecified atom stereocenters. The predicted molar refractivity (Wildman–Crippen MR) is 60.2 cm³/mol. The van der Waals surface area contributed by atoms with Gasteiger partial charge in [0, 0.05) is 13.1 Å². The third-order valence-corrected chi connectivity index (χ3v) is 3.22. The number of aliphatic hydroxyl groups is 1. The second kappa shape index (κ2) is 7.16. The summed E-state index contributed by atoms with van der Waals surface area (Å²) >= 11 is 0. The Hall–Kier alpha value is -0.960. The third-order valence-electron chi connectivity index (χ3n) is 3.22. The van der Waals surface area contributed by atoms with Crippen LogP contribution in [0.25, 0.3) is 0 Å². The monoisotopic (exact) mass is 304 g/mol. The van der Waals surface area contributed by atoms with E-state index in [-0.39, 0.29) is 19.4 Å². The zero-order chi connectivity index (χ0) is 15.3. The van der Waals surface area contributed by atoms with Gasteiger partial charge >= 0.3 is 6.18 Å². The van der Waals surface area contributed by atoms with Gasteiger partial charge in [-0.1, -0.05) is 0 Å². The molecular formula is C11H17F5N2O2. The van der Waals surface area contributed by atoms with Gasteiger partial charge in [-0.05, 0) is 12.8 Å². The molecule has 1 heterocycles. The number of rotatable bonds is 5. The van der Waals surface area contributed by atoms with Crippen molar-refractivity contribution in [3.8, 4) is 0 Å². The van der Waals surface area contributed by atoms with Gasteiger partial charge in [-0.25, -0.2) is 8.78 Å². The SMILES string of the molecule is O=C(C1CCC(C(F)(F)F)CN1)N(CCO)CC(F)F. The number of carbonyl (C=O) groups excluding carboxylic acids is 1. The van der Waals surface area contributed by atoms with Crippen LogP contribution < -0.4 is 5.32 Å².